The Morgan fingerprint density at radius 1 is 1.29 bits per heavy atom. The standard InChI is InChI=1S/C17H21N3O3S/c1-14-4-2-3-5-17(14)24(21,22)20-10-11-23-16(12-20)7-6-15-8-9-18-13-19-15/h2-5,8-9,13,16H,6-7,10-12H2,1H3/t16-/m1/s1. The molecule has 1 aromatic carbocycles. The van der Waals surface area contributed by atoms with Gasteiger partial charge in [0.1, 0.15) is 6.33 Å². The molecule has 0 amide bonds. The molecule has 7 heteroatoms. The summed E-state index contributed by atoms with van der Waals surface area (Å²) in [5.74, 6) is 0. The quantitative estimate of drug-likeness (QED) is 0.825. The number of hydrogen-bond acceptors (Lipinski definition) is 5. The molecular formula is C17H21N3O3S. The minimum Gasteiger partial charge on any atom is -0.375 e. The normalized spacial score (nSPS) is 19.3. The SMILES string of the molecule is Cc1ccccc1S(=O)(=O)N1CCO[C@H](CCc2ccncn2)C1. The highest BCUT2D eigenvalue weighted by molar-refractivity contribution is 7.89. The molecule has 1 atom stereocenters. The molecule has 0 saturated carbocycles. The Morgan fingerprint density at radius 2 is 2.12 bits per heavy atom. The molecular weight excluding hydrogens is 326 g/mol. The molecule has 0 radical (unpaired) electrons. The van der Waals surface area contributed by atoms with E-state index in [0.29, 0.717) is 24.6 Å². The van der Waals surface area contributed by atoms with Gasteiger partial charge in [-0.2, -0.15) is 4.31 Å². The van der Waals surface area contributed by atoms with Crippen molar-refractivity contribution >= 4 is 10.0 Å². The van der Waals surface area contributed by atoms with E-state index in [2.05, 4.69) is 9.97 Å². The van der Waals surface area contributed by atoms with Gasteiger partial charge in [0.05, 0.1) is 17.6 Å². The summed E-state index contributed by atoms with van der Waals surface area (Å²) >= 11 is 0. The van der Waals surface area contributed by atoms with Gasteiger partial charge in [-0.25, -0.2) is 18.4 Å². The fourth-order valence-corrected chi connectivity index (χ4v) is 4.53. The predicted octanol–water partition coefficient (Wildman–Crippen LogP) is 1.81. The zero-order valence-electron chi connectivity index (χ0n) is 13.6. The van der Waals surface area contributed by atoms with E-state index in [1.165, 1.54) is 10.6 Å². The fraction of sp³-hybridized carbons (Fsp3) is 0.412. The molecule has 6 nitrogen and oxygen atoms in total. The van der Waals surface area contributed by atoms with E-state index in [4.69, 9.17) is 4.74 Å². The summed E-state index contributed by atoms with van der Waals surface area (Å²) in [5, 5.41) is 0. The molecule has 0 unspecified atom stereocenters. The van der Waals surface area contributed by atoms with Crippen LogP contribution in [0.3, 0.4) is 0 Å². The van der Waals surface area contributed by atoms with E-state index in [1.54, 1.807) is 18.3 Å². The second-order valence-corrected chi connectivity index (χ2v) is 7.77. The fourth-order valence-electron chi connectivity index (χ4n) is 2.85. The van der Waals surface area contributed by atoms with Crippen molar-refractivity contribution in [3.05, 3.63) is 54.1 Å². The molecule has 128 valence electrons. The van der Waals surface area contributed by atoms with E-state index >= 15 is 0 Å². The maximum absolute atomic E-state index is 12.9. The smallest absolute Gasteiger partial charge is 0.243 e. The molecule has 1 fully saturated rings. The summed E-state index contributed by atoms with van der Waals surface area (Å²) in [6.45, 7) is 3.00. The van der Waals surface area contributed by atoms with Crippen LogP contribution in [0.5, 0.6) is 0 Å². The summed E-state index contributed by atoms with van der Waals surface area (Å²) in [6.07, 6.45) is 4.58. The first-order valence-corrected chi connectivity index (χ1v) is 9.43. The number of nitrogens with zero attached hydrogens (tertiary/aromatic N) is 3. The summed E-state index contributed by atoms with van der Waals surface area (Å²) < 4.78 is 33.0. The third-order valence-corrected chi connectivity index (χ3v) is 6.20. The number of hydrogen-bond donors (Lipinski definition) is 0. The summed E-state index contributed by atoms with van der Waals surface area (Å²) in [7, 11) is -3.48. The van der Waals surface area contributed by atoms with E-state index in [0.717, 1.165) is 24.1 Å². The molecule has 1 aliphatic rings. The van der Waals surface area contributed by atoms with Crippen LogP contribution in [0, 0.1) is 6.92 Å². The maximum Gasteiger partial charge on any atom is 0.243 e. The first-order chi connectivity index (χ1) is 11.6. The van der Waals surface area contributed by atoms with Crippen molar-refractivity contribution in [2.75, 3.05) is 19.7 Å². The van der Waals surface area contributed by atoms with Gasteiger partial charge in [0.25, 0.3) is 0 Å². The number of sulfonamides is 1. The number of benzene rings is 1. The topological polar surface area (TPSA) is 72.4 Å². The van der Waals surface area contributed by atoms with Crippen LogP contribution in [-0.4, -0.2) is 48.5 Å². The Morgan fingerprint density at radius 3 is 2.88 bits per heavy atom. The van der Waals surface area contributed by atoms with Gasteiger partial charge in [0.2, 0.25) is 10.0 Å². The molecule has 0 bridgehead atoms. The van der Waals surface area contributed by atoms with Crippen molar-refractivity contribution in [1.29, 1.82) is 0 Å². The third-order valence-electron chi connectivity index (χ3n) is 4.18. The first-order valence-electron chi connectivity index (χ1n) is 7.99. The van der Waals surface area contributed by atoms with Gasteiger partial charge in [-0.05, 0) is 37.5 Å². The zero-order valence-corrected chi connectivity index (χ0v) is 14.4. The van der Waals surface area contributed by atoms with Crippen molar-refractivity contribution in [2.45, 2.75) is 30.8 Å². The van der Waals surface area contributed by atoms with Crippen LogP contribution < -0.4 is 0 Å². The second kappa shape index (κ2) is 7.38. The number of aromatic nitrogens is 2. The van der Waals surface area contributed by atoms with Crippen LogP contribution in [0.4, 0.5) is 0 Å². The monoisotopic (exact) mass is 347 g/mol. The molecule has 0 spiro atoms. The number of aryl methyl sites for hydroxylation is 2. The third kappa shape index (κ3) is 3.80. The largest absolute Gasteiger partial charge is 0.375 e. The van der Waals surface area contributed by atoms with Gasteiger partial charge in [-0.15, -0.1) is 0 Å². The van der Waals surface area contributed by atoms with Gasteiger partial charge in [-0.3, -0.25) is 0 Å². The van der Waals surface area contributed by atoms with Crippen molar-refractivity contribution in [3.63, 3.8) is 0 Å². The van der Waals surface area contributed by atoms with Crippen LogP contribution in [0.1, 0.15) is 17.7 Å². The van der Waals surface area contributed by atoms with Gasteiger partial charge in [0, 0.05) is 25.0 Å². The second-order valence-electron chi connectivity index (χ2n) is 5.86. The zero-order chi connectivity index (χ0) is 17.0. The number of rotatable bonds is 5. The lowest BCUT2D eigenvalue weighted by atomic mass is 10.1. The molecule has 1 saturated heterocycles. The summed E-state index contributed by atoms with van der Waals surface area (Å²) in [4.78, 5) is 8.46. The molecule has 2 heterocycles. The number of morpholine rings is 1. The van der Waals surface area contributed by atoms with E-state index in [-0.39, 0.29) is 6.10 Å². The average molecular weight is 347 g/mol. The van der Waals surface area contributed by atoms with Crippen LogP contribution >= 0.6 is 0 Å². The van der Waals surface area contributed by atoms with Crippen LogP contribution in [-0.2, 0) is 21.2 Å². The number of ether oxygens (including phenoxy) is 1. The molecule has 2 aromatic rings. The van der Waals surface area contributed by atoms with Crippen LogP contribution in [0.2, 0.25) is 0 Å². The highest BCUT2D eigenvalue weighted by atomic mass is 32.2. The van der Waals surface area contributed by atoms with Crippen molar-refractivity contribution < 1.29 is 13.2 Å². The summed E-state index contributed by atoms with van der Waals surface area (Å²) in [6, 6.07) is 8.95. The lowest BCUT2D eigenvalue weighted by Crippen LogP contribution is -2.45. The Labute approximate surface area is 142 Å². The summed E-state index contributed by atoms with van der Waals surface area (Å²) in [5.41, 5.74) is 1.70. The van der Waals surface area contributed by atoms with Crippen LogP contribution in [0.15, 0.2) is 47.8 Å². The molecule has 1 aliphatic heterocycles. The molecule has 3 rings (SSSR count). The predicted molar refractivity (Wildman–Crippen MR) is 90.0 cm³/mol. The minimum atomic E-state index is -3.48. The Kier molecular flexibility index (Phi) is 5.23. The van der Waals surface area contributed by atoms with Crippen molar-refractivity contribution in [1.82, 2.24) is 14.3 Å². The van der Waals surface area contributed by atoms with E-state index < -0.39 is 10.0 Å². The van der Waals surface area contributed by atoms with Crippen LogP contribution in [0.25, 0.3) is 0 Å². The Balaban J connectivity index is 1.68. The van der Waals surface area contributed by atoms with Gasteiger partial charge < -0.3 is 4.74 Å². The Bertz CT molecular complexity index is 781. The Hall–Kier alpha value is -1.83. The first kappa shape index (κ1) is 17.0. The molecule has 1 aromatic heterocycles. The van der Waals surface area contributed by atoms with E-state index in [1.807, 2.05) is 25.1 Å². The van der Waals surface area contributed by atoms with Crippen molar-refractivity contribution in [3.8, 4) is 0 Å². The molecule has 0 aliphatic carbocycles. The highest BCUT2D eigenvalue weighted by Crippen LogP contribution is 2.22. The highest BCUT2D eigenvalue weighted by Gasteiger charge is 2.31. The lowest BCUT2D eigenvalue weighted by molar-refractivity contribution is -0.00539. The van der Waals surface area contributed by atoms with Gasteiger partial charge in [-0.1, -0.05) is 18.2 Å². The lowest BCUT2D eigenvalue weighted by Gasteiger charge is -2.32. The van der Waals surface area contributed by atoms with E-state index in [9.17, 15) is 8.42 Å². The minimum absolute atomic E-state index is 0.118. The maximum atomic E-state index is 12.9. The van der Waals surface area contributed by atoms with Gasteiger partial charge in [0.15, 0.2) is 0 Å². The van der Waals surface area contributed by atoms with Gasteiger partial charge >= 0.3 is 0 Å². The molecule has 0 N–H and O–H groups in total. The molecule has 24 heavy (non-hydrogen) atoms. The van der Waals surface area contributed by atoms with Crippen molar-refractivity contribution in [2.24, 2.45) is 0 Å². The average Bonchev–Trinajstić information content (AvgIpc) is 2.61.